The first-order valence-corrected chi connectivity index (χ1v) is 7.91. The highest BCUT2D eigenvalue weighted by Crippen LogP contribution is 2.38. The van der Waals surface area contributed by atoms with Crippen LogP contribution in [0.2, 0.25) is 10.0 Å². The largest absolute Gasteiger partial charge is 0.374 e. The van der Waals surface area contributed by atoms with Gasteiger partial charge in [0.05, 0.1) is 21.7 Å². The molecule has 5 heteroatoms. The molecule has 0 saturated heterocycles. The lowest BCUT2D eigenvalue weighted by Gasteiger charge is -2.37. The second kappa shape index (κ2) is 7.10. The lowest BCUT2D eigenvalue weighted by molar-refractivity contribution is -0.0613. The van der Waals surface area contributed by atoms with E-state index < -0.39 is 0 Å². The number of hydrogen-bond acceptors (Lipinski definition) is 3. The van der Waals surface area contributed by atoms with E-state index in [1.165, 1.54) is 12.8 Å². The van der Waals surface area contributed by atoms with Gasteiger partial charge in [0, 0.05) is 6.61 Å². The van der Waals surface area contributed by atoms with Crippen LogP contribution in [0.1, 0.15) is 38.2 Å². The summed E-state index contributed by atoms with van der Waals surface area (Å²) in [5.74, 6) is 5.80. The van der Waals surface area contributed by atoms with Gasteiger partial charge in [-0.2, -0.15) is 0 Å². The number of benzene rings is 1. The summed E-state index contributed by atoms with van der Waals surface area (Å²) in [5, 5.41) is 1.19. The molecule has 1 unspecified atom stereocenters. The summed E-state index contributed by atoms with van der Waals surface area (Å²) >= 11 is 12.4. The highest BCUT2D eigenvalue weighted by molar-refractivity contribution is 6.42. The second-order valence-electron chi connectivity index (χ2n) is 5.34. The molecular formula is C15H22Cl2N2O. The third-order valence-corrected chi connectivity index (χ3v) is 5.03. The van der Waals surface area contributed by atoms with Crippen LogP contribution in [0.5, 0.6) is 0 Å². The molecule has 112 valence electrons. The van der Waals surface area contributed by atoms with E-state index in [-0.39, 0.29) is 11.6 Å². The molecule has 1 atom stereocenters. The van der Waals surface area contributed by atoms with Crippen molar-refractivity contribution in [1.29, 1.82) is 0 Å². The minimum atomic E-state index is -0.185. The van der Waals surface area contributed by atoms with Gasteiger partial charge in [-0.25, -0.2) is 0 Å². The van der Waals surface area contributed by atoms with Gasteiger partial charge in [0.2, 0.25) is 0 Å². The number of hydrogen-bond donors (Lipinski definition) is 2. The van der Waals surface area contributed by atoms with Crippen molar-refractivity contribution in [1.82, 2.24) is 5.43 Å². The van der Waals surface area contributed by atoms with Crippen LogP contribution >= 0.6 is 23.2 Å². The van der Waals surface area contributed by atoms with Crippen molar-refractivity contribution in [3.05, 3.63) is 33.8 Å². The van der Waals surface area contributed by atoms with E-state index in [4.69, 9.17) is 33.8 Å². The Bertz CT molecular complexity index is 447. The Hall–Kier alpha value is -0.320. The van der Waals surface area contributed by atoms with E-state index in [0.717, 1.165) is 24.8 Å². The fourth-order valence-corrected chi connectivity index (χ4v) is 3.57. The third-order valence-electron chi connectivity index (χ3n) is 4.17. The van der Waals surface area contributed by atoms with Gasteiger partial charge in [-0.1, -0.05) is 48.2 Å². The van der Waals surface area contributed by atoms with Gasteiger partial charge < -0.3 is 4.74 Å². The first-order valence-electron chi connectivity index (χ1n) is 7.16. The van der Waals surface area contributed by atoms with Crippen LogP contribution in [-0.4, -0.2) is 18.2 Å². The van der Waals surface area contributed by atoms with Crippen molar-refractivity contribution in [2.75, 3.05) is 6.61 Å². The lowest BCUT2D eigenvalue weighted by Crippen LogP contribution is -2.54. The zero-order valence-corrected chi connectivity index (χ0v) is 13.3. The molecule has 1 fully saturated rings. The number of ether oxygens (including phenoxy) is 1. The predicted octanol–water partition coefficient (Wildman–Crippen LogP) is 3.72. The Labute approximate surface area is 130 Å². The average molecular weight is 317 g/mol. The molecule has 0 radical (unpaired) electrons. The SMILES string of the molecule is CCOC1(C(Cc2cccc(Cl)c2Cl)NN)CCCC1. The van der Waals surface area contributed by atoms with Crippen LogP contribution < -0.4 is 11.3 Å². The molecule has 0 spiro atoms. The first-order chi connectivity index (χ1) is 9.63. The molecule has 2 rings (SSSR count). The number of nitrogens with one attached hydrogen (secondary N) is 1. The molecule has 0 aliphatic heterocycles. The molecule has 1 aliphatic rings. The van der Waals surface area contributed by atoms with Crippen LogP contribution in [0.4, 0.5) is 0 Å². The summed E-state index contributed by atoms with van der Waals surface area (Å²) in [7, 11) is 0. The summed E-state index contributed by atoms with van der Waals surface area (Å²) in [6.07, 6.45) is 5.15. The van der Waals surface area contributed by atoms with Crippen LogP contribution in [0.15, 0.2) is 18.2 Å². The lowest BCUT2D eigenvalue weighted by atomic mass is 9.87. The Morgan fingerprint density at radius 1 is 1.35 bits per heavy atom. The monoisotopic (exact) mass is 316 g/mol. The maximum Gasteiger partial charge on any atom is 0.0851 e. The number of hydrazine groups is 1. The van der Waals surface area contributed by atoms with Crippen molar-refractivity contribution >= 4 is 23.2 Å². The van der Waals surface area contributed by atoms with E-state index in [1.807, 2.05) is 19.1 Å². The molecule has 1 saturated carbocycles. The summed E-state index contributed by atoms with van der Waals surface area (Å²) in [5.41, 5.74) is 3.76. The van der Waals surface area contributed by atoms with E-state index in [1.54, 1.807) is 6.07 Å². The van der Waals surface area contributed by atoms with Crippen molar-refractivity contribution in [2.45, 2.75) is 50.7 Å². The van der Waals surface area contributed by atoms with Gasteiger partial charge in [0.15, 0.2) is 0 Å². The summed E-state index contributed by atoms with van der Waals surface area (Å²) in [4.78, 5) is 0. The molecule has 3 N–H and O–H groups in total. The number of halogens is 2. The zero-order valence-electron chi connectivity index (χ0n) is 11.8. The average Bonchev–Trinajstić information content (AvgIpc) is 2.90. The second-order valence-corrected chi connectivity index (χ2v) is 6.13. The number of nitrogens with two attached hydrogens (primary N) is 1. The fourth-order valence-electron chi connectivity index (χ4n) is 3.18. The van der Waals surface area contributed by atoms with Crippen molar-refractivity contribution in [2.24, 2.45) is 5.84 Å². The Morgan fingerprint density at radius 3 is 2.65 bits per heavy atom. The topological polar surface area (TPSA) is 47.3 Å². The zero-order chi connectivity index (χ0) is 14.6. The third kappa shape index (κ3) is 3.29. The Balaban J connectivity index is 2.21. The number of rotatable bonds is 6. The fraction of sp³-hybridized carbons (Fsp3) is 0.600. The summed E-state index contributed by atoms with van der Waals surface area (Å²) in [6.45, 7) is 2.72. The minimum absolute atomic E-state index is 0.0425. The minimum Gasteiger partial charge on any atom is -0.374 e. The molecule has 0 bridgehead atoms. The van der Waals surface area contributed by atoms with Crippen LogP contribution in [0.3, 0.4) is 0 Å². The molecule has 0 heterocycles. The van der Waals surface area contributed by atoms with Gasteiger partial charge in [-0.3, -0.25) is 11.3 Å². The Morgan fingerprint density at radius 2 is 2.05 bits per heavy atom. The molecule has 1 aromatic carbocycles. The van der Waals surface area contributed by atoms with E-state index in [2.05, 4.69) is 5.43 Å². The van der Waals surface area contributed by atoms with Crippen molar-refractivity contribution in [3.63, 3.8) is 0 Å². The van der Waals surface area contributed by atoms with Crippen LogP contribution in [0.25, 0.3) is 0 Å². The molecule has 1 aromatic rings. The van der Waals surface area contributed by atoms with E-state index in [0.29, 0.717) is 16.7 Å². The molecular weight excluding hydrogens is 295 g/mol. The normalized spacial score (nSPS) is 19.2. The van der Waals surface area contributed by atoms with Gasteiger partial charge >= 0.3 is 0 Å². The van der Waals surface area contributed by atoms with Gasteiger partial charge in [-0.15, -0.1) is 0 Å². The van der Waals surface area contributed by atoms with Crippen molar-refractivity contribution in [3.8, 4) is 0 Å². The van der Waals surface area contributed by atoms with Gasteiger partial charge in [0.25, 0.3) is 0 Å². The van der Waals surface area contributed by atoms with E-state index in [9.17, 15) is 0 Å². The standard InChI is InChI=1S/C15H22Cl2N2O/c1-2-20-15(8-3-4-9-15)13(19-18)10-11-6-5-7-12(16)14(11)17/h5-7,13,19H,2-4,8-10,18H2,1H3. The highest BCUT2D eigenvalue weighted by Gasteiger charge is 2.41. The predicted molar refractivity (Wildman–Crippen MR) is 84.1 cm³/mol. The molecule has 3 nitrogen and oxygen atoms in total. The van der Waals surface area contributed by atoms with Gasteiger partial charge in [-0.05, 0) is 37.8 Å². The van der Waals surface area contributed by atoms with Crippen LogP contribution in [-0.2, 0) is 11.2 Å². The highest BCUT2D eigenvalue weighted by atomic mass is 35.5. The quantitative estimate of drug-likeness (QED) is 0.621. The molecule has 0 aromatic heterocycles. The molecule has 1 aliphatic carbocycles. The maximum atomic E-state index is 6.28. The molecule has 20 heavy (non-hydrogen) atoms. The first kappa shape index (κ1) is 16.1. The van der Waals surface area contributed by atoms with Crippen LogP contribution in [0, 0.1) is 0 Å². The molecule has 0 amide bonds. The summed E-state index contributed by atoms with van der Waals surface area (Å²) < 4.78 is 6.07. The van der Waals surface area contributed by atoms with Crippen molar-refractivity contribution < 1.29 is 4.74 Å². The maximum absolute atomic E-state index is 6.28. The van der Waals surface area contributed by atoms with Gasteiger partial charge in [0.1, 0.15) is 0 Å². The Kier molecular flexibility index (Phi) is 5.70. The summed E-state index contributed by atoms with van der Waals surface area (Å²) in [6, 6.07) is 5.75. The van der Waals surface area contributed by atoms with E-state index >= 15 is 0 Å². The smallest absolute Gasteiger partial charge is 0.0851 e.